The number of pyridine rings is 1. The summed E-state index contributed by atoms with van der Waals surface area (Å²) in [6.45, 7) is 2.63. The largest absolute Gasteiger partial charge is 0.366 e. The molecule has 0 spiro atoms. The molecule has 5 heteroatoms. The highest BCUT2D eigenvalue weighted by Gasteiger charge is 2.04. The number of aromatic nitrogens is 1. The van der Waals surface area contributed by atoms with Crippen molar-refractivity contribution in [3.8, 4) is 0 Å². The third kappa shape index (κ3) is 3.57. The molecule has 1 aromatic carbocycles. The first kappa shape index (κ1) is 14.5. The Balaban J connectivity index is 2.09. The summed E-state index contributed by atoms with van der Waals surface area (Å²) in [4.78, 5) is 15.9. The van der Waals surface area contributed by atoms with Crippen LogP contribution in [0.2, 0.25) is 0 Å². The van der Waals surface area contributed by atoms with E-state index in [1.54, 1.807) is 19.3 Å². The maximum absolute atomic E-state index is 11.6. The summed E-state index contributed by atoms with van der Waals surface area (Å²) in [5, 5.41) is 5.90. The predicted molar refractivity (Wildman–Crippen MR) is 83.8 cm³/mol. The fraction of sp³-hybridized carbons (Fsp3) is 0.200. The number of carbonyl (C=O) groups excluding carboxylic acids is 1. The van der Waals surface area contributed by atoms with Crippen molar-refractivity contribution in [3.05, 3.63) is 57.7 Å². The standard InChI is InChI=1S/C15H16BrN3O/c1-10-6-13(16)9-19-14(10)18-8-11-4-3-5-12(7-11)15(20)17-2/h3-7,9H,8H2,1-2H3,(H,17,20)(H,18,19). The van der Waals surface area contributed by atoms with Crippen LogP contribution in [0.15, 0.2) is 41.0 Å². The minimum Gasteiger partial charge on any atom is -0.366 e. The van der Waals surface area contributed by atoms with Crippen LogP contribution in [0.1, 0.15) is 21.5 Å². The van der Waals surface area contributed by atoms with Crippen LogP contribution in [0.25, 0.3) is 0 Å². The third-order valence-corrected chi connectivity index (χ3v) is 3.35. The molecule has 0 radical (unpaired) electrons. The van der Waals surface area contributed by atoms with Gasteiger partial charge in [-0.25, -0.2) is 4.98 Å². The van der Waals surface area contributed by atoms with Gasteiger partial charge < -0.3 is 10.6 Å². The lowest BCUT2D eigenvalue weighted by Gasteiger charge is -2.09. The van der Waals surface area contributed by atoms with Gasteiger partial charge in [0.2, 0.25) is 0 Å². The zero-order chi connectivity index (χ0) is 14.5. The maximum atomic E-state index is 11.6. The van der Waals surface area contributed by atoms with E-state index in [9.17, 15) is 4.79 Å². The summed E-state index contributed by atoms with van der Waals surface area (Å²) in [5.74, 6) is 0.767. The number of hydrogen-bond acceptors (Lipinski definition) is 3. The van der Waals surface area contributed by atoms with E-state index in [2.05, 4.69) is 31.5 Å². The van der Waals surface area contributed by atoms with Gasteiger partial charge >= 0.3 is 0 Å². The van der Waals surface area contributed by atoms with Crippen LogP contribution in [0, 0.1) is 6.92 Å². The molecule has 0 bridgehead atoms. The number of amides is 1. The molecule has 4 nitrogen and oxygen atoms in total. The van der Waals surface area contributed by atoms with Gasteiger partial charge in [-0.3, -0.25) is 4.79 Å². The summed E-state index contributed by atoms with van der Waals surface area (Å²) >= 11 is 3.39. The first-order valence-corrected chi connectivity index (χ1v) is 7.06. The molecule has 2 N–H and O–H groups in total. The molecule has 0 aliphatic carbocycles. The lowest BCUT2D eigenvalue weighted by molar-refractivity contribution is 0.0963. The number of rotatable bonds is 4. The average Bonchev–Trinajstić information content (AvgIpc) is 2.46. The number of carbonyl (C=O) groups is 1. The number of nitrogens with zero attached hydrogens (tertiary/aromatic N) is 1. The van der Waals surface area contributed by atoms with Crippen molar-refractivity contribution in [2.45, 2.75) is 13.5 Å². The molecule has 0 aliphatic rings. The van der Waals surface area contributed by atoms with Gasteiger partial charge in [0, 0.05) is 29.8 Å². The van der Waals surface area contributed by atoms with Gasteiger partial charge in [0.05, 0.1) is 0 Å². The highest BCUT2D eigenvalue weighted by molar-refractivity contribution is 9.10. The Bertz CT molecular complexity index is 628. The Morgan fingerprint density at radius 2 is 2.15 bits per heavy atom. The Hall–Kier alpha value is -1.88. The van der Waals surface area contributed by atoms with Gasteiger partial charge in [-0.2, -0.15) is 0 Å². The molecule has 0 aliphatic heterocycles. The van der Waals surface area contributed by atoms with Crippen molar-refractivity contribution in [1.82, 2.24) is 10.3 Å². The van der Waals surface area contributed by atoms with Crippen LogP contribution in [0.3, 0.4) is 0 Å². The van der Waals surface area contributed by atoms with Gasteiger partial charge in [-0.05, 0) is 52.2 Å². The van der Waals surface area contributed by atoms with Crippen molar-refractivity contribution in [3.63, 3.8) is 0 Å². The van der Waals surface area contributed by atoms with E-state index in [1.165, 1.54) is 0 Å². The maximum Gasteiger partial charge on any atom is 0.251 e. The van der Waals surface area contributed by atoms with Crippen LogP contribution < -0.4 is 10.6 Å². The first-order chi connectivity index (χ1) is 9.60. The molecule has 0 saturated carbocycles. The summed E-state index contributed by atoms with van der Waals surface area (Å²) in [5.41, 5.74) is 2.77. The van der Waals surface area contributed by atoms with Gasteiger partial charge in [0.15, 0.2) is 0 Å². The molecule has 0 fully saturated rings. The number of aryl methyl sites for hydroxylation is 1. The number of nitrogens with one attached hydrogen (secondary N) is 2. The SMILES string of the molecule is CNC(=O)c1cccc(CNc2ncc(Br)cc2C)c1. The molecule has 1 amide bonds. The Morgan fingerprint density at radius 3 is 2.85 bits per heavy atom. The van der Waals surface area contributed by atoms with Gasteiger partial charge in [0.25, 0.3) is 5.91 Å². The van der Waals surface area contributed by atoms with Crippen LogP contribution in [0.4, 0.5) is 5.82 Å². The van der Waals surface area contributed by atoms with E-state index in [0.717, 1.165) is 21.4 Å². The van der Waals surface area contributed by atoms with Crippen molar-refractivity contribution in [2.75, 3.05) is 12.4 Å². The molecule has 0 atom stereocenters. The molecule has 0 unspecified atom stereocenters. The number of hydrogen-bond donors (Lipinski definition) is 2. The summed E-state index contributed by atoms with van der Waals surface area (Å²) < 4.78 is 0.960. The highest BCUT2D eigenvalue weighted by atomic mass is 79.9. The molecule has 2 aromatic rings. The lowest BCUT2D eigenvalue weighted by atomic mass is 10.1. The normalized spacial score (nSPS) is 10.2. The fourth-order valence-electron chi connectivity index (χ4n) is 1.88. The molecule has 20 heavy (non-hydrogen) atoms. The molecular weight excluding hydrogens is 318 g/mol. The second-order valence-electron chi connectivity index (χ2n) is 4.45. The predicted octanol–water partition coefficient (Wildman–Crippen LogP) is 3.12. The Labute approximate surface area is 126 Å². The number of halogens is 1. The minimum atomic E-state index is -0.0789. The Kier molecular flexibility index (Phi) is 4.74. The van der Waals surface area contributed by atoms with Crippen molar-refractivity contribution in [1.29, 1.82) is 0 Å². The van der Waals surface area contributed by atoms with E-state index in [-0.39, 0.29) is 5.91 Å². The quantitative estimate of drug-likeness (QED) is 0.903. The zero-order valence-electron chi connectivity index (χ0n) is 11.4. The zero-order valence-corrected chi connectivity index (χ0v) is 13.0. The van der Waals surface area contributed by atoms with E-state index in [1.807, 2.05) is 31.2 Å². The fourth-order valence-corrected chi connectivity index (χ4v) is 2.32. The van der Waals surface area contributed by atoms with Crippen LogP contribution >= 0.6 is 15.9 Å². The van der Waals surface area contributed by atoms with Crippen LogP contribution in [-0.2, 0) is 6.54 Å². The van der Waals surface area contributed by atoms with Crippen molar-refractivity contribution in [2.24, 2.45) is 0 Å². The number of anilines is 1. The third-order valence-electron chi connectivity index (χ3n) is 2.92. The van der Waals surface area contributed by atoms with Crippen LogP contribution in [0.5, 0.6) is 0 Å². The molecule has 0 saturated heterocycles. The van der Waals surface area contributed by atoms with Gasteiger partial charge in [0.1, 0.15) is 5.82 Å². The van der Waals surface area contributed by atoms with Crippen molar-refractivity contribution >= 4 is 27.7 Å². The molecule has 1 heterocycles. The molecule has 104 valence electrons. The average molecular weight is 334 g/mol. The number of benzene rings is 1. The summed E-state index contributed by atoms with van der Waals surface area (Å²) in [6, 6.07) is 9.54. The minimum absolute atomic E-state index is 0.0789. The van der Waals surface area contributed by atoms with Gasteiger partial charge in [-0.1, -0.05) is 12.1 Å². The van der Waals surface area contributed by atoms with E-state index in [0.29, 0.717) is 12.1 Å². The summed E-state index contributed by atoms with van der Waals surface area (Å²) in [6.07, 6.45) is 1.76. The Morgan fingerprint density at radius 1 is 1.35 bits per heavy atom. The first-order valence-electron chi connectivity index (χ1n) is 6.27. The van der Waals surface area contributed by atoms with E-state index < -0.39 is 0 Å². The highest BCUT2D eigenvalue weighted by Crippen LogP contribution is 2.17. The summed E-state index contributed by atoms with van der Waals surface area (Å²) in [7, 11) is 1.63. The van der Waals surface area contributed by atoms with Crippen LogP contribution in [-0.4, -0.2) is 17.9 Å². The lowest BCUT2D eigenvalue weighted by Crippen LogP contribution is -2.18. The topological polar surface area (TPSA) is 54.0 Å². The van der Waals surface area contributed by atoms with E-state index >= 15 is 0 Å². The van der Waals surface area contributed by atoms with E-state index in [4.69, 9.17) is 0 Å². The monoisotopic (exact) mass is 333 g/mol. The van der Waals surface area contributed by atoms with Crippen molar-refractivity contribution < 1.29 is 4.79 Å². The molecule has 1 aromatic heterocycles. The molecular formula is C15H16BrN3O. The van der Waals surface area contributed by atoms with Gasteiger partial charge in [-0.15, -0.1) is 0 Å². The molecule has 2 rings (SSSR count). The smallest absolute Gasteiger partial charge is 0.251 e. The second-order valence-corrected chi connectivity index (χ2v) is 5.37. The second kappa shape index (κ2) is 6.52.